The minimum Gasteiger partial charge on any atom is -0.344 e. The number of carbonyl (C=O) groups excluding carboxylic acids is 4. The van der Waals surface area contributed by atoms with Crippen molar-refractivity contribution in [3.63, 3.8) is 0 Å². The fraction of sp³-hybridized carbons (Fsp3) is 0.594. The second kappa shape index (κ2) is 13.5. The lowest BCUT2D eigenvalue weighted by molar-refractivity contribution is -0.148. The van der Waals surface area contributed by atoms with E-state index in [0.717, 1.165) is 24.2 Å². The minimum absolute atomic E-state index is 0.0647. The van der Waals surface area contributed by atoms with E-state index in [2.05, 4.69) is 22.5 Å². The van der Waals surface area contributed by atoms with Gasteiger partial charge in [-0.1, -0.05) is 37.3 Å². The van der Waals surface area contributed by atoms with Gasteiger partial charge in [-0.25, -0.2) is 4.98 Å². The Balaban J connectivity index is 1.24. The number of likely N-dealkylation sites (tertiary alicyclic amines) is 1. The Bertz CT molecular complexity index is 1260. The Morgan fingerprint density at radius 1 is 1.07 bits per heavy atom. The molecule has 1 aromatic heterocycles. The summed E-state index contributed by atoms with van der Waals surface area (Å²) < 4.78 is 2.04. The number of aryl methyl sites for hydroxylation is 3. The maximum atomic E-state index is 13.8. The van der Waals surface area contributed by atoms with E-state index in [0.29, 0.717) is 64.7 Å². The van der Waals surface area contributed by atoms with E-state index in [1.165, 1.54) is 0 Å². The molecule has 42 heavy (non-hydrogen) atoms. The number of nitrogens with one attached hydrogen (secondary N) is 2. The number of rotatable bonds is 7. The van der Waals surface area contributed by atoms with Crippen LogP contribution < -0.4 is 10.6 Å². The van der Waals surface area contributed by atoms with Crippen LogP contribution in [0.4, 0.5) is 0 Å². The Kier molecular flexibility index (Phi) is 9.59. The Labute approximate surface area is 248 Å². The van der Waals surface area contributed by atoms with Crippen molar-refractivity contribution < 1.29 is 19.2 Å². The predicted molar refractivity (Wildman–Crippen MR) is 158 cm³/mol. The summed E-state index contributed by atoms with van der Waals surface area (Å²) in [6.45, 7) is 6.22. The van der Waals surface area contributed by atoms with Crippen molar-refractivity contribution in [2.45, 2.75) is 89.9 Å². The van der Waals surface area contributed by atoms with Crippen LogP contribution in [0.1, 0.15) is 63.8 Å². The monoisotopic (exact) mass is 576 g/mol. The van der Waals surface area contributed by atoms with Gasteiger partial charge in [-0.3, -0.25) is 19.2 Å². The average Bonchev–Trinajstić information content (AvgIpc) is 3.46. The molecule has 3 aliphatic rings. The molecule has 0 spiro atoms. The van der Waals surface area contributed by atoms with Crippen LogP contribution in [-0.4, -0.2) is 80.7 Å². The Hall–Kier alpha value is -3.69. The van der Waals surface area contributed by atoms with E-state index < -0.39 is 12.1 Å². The van der Waals surface area contributed by atoms with Gasteiger partial charge in [0.05, 0.1) is 0 Å². The zero-order chi connectivity index (χ0) is 29.6. The van der Waals surface area contributed by atoms with Gasteiger partial charge in [0.25, 0.3) is 0 Å². The van der Waals surface area contributed by atoms with Gasteiger partial charge in [0, 0.05) is 63.9 Å². The molecule has 2 N–H and O–H groups in total. The van der Waals surface area contributed by atoms with E-state index in [1.807, 2.05) is 50.9 Å². The lowest BCUT2D eigenvalue weighted by Gasteiger charge is -2.51. The maximum absolute atomic E-state index is 13.8. The zero-order valence-corrected chi connectivity index (χ0v) is 24.8. The van der Waals surface area contributed by atoms with E-state index in [-0.39, 0.29) is 41.5 Å². The van der Waals surface area contributed by atoms with Gasteiger partial charge in [0.2, 0.25) is 23.6 Å². The second-order valence-electron chi connectivity index (χ2n) is 12.1. The fourth-order valence-electron chi connectivity index (χ4n) is 6.99. The molecule has 0 saturated carbocycles. The lowest BCUT2D eigenvalue weighted by Crippen LogP contribution is -2.63. The molecule has 4 amide bonds. The number of nitrogens with zero attached hydrogens (tertiary/aromatic N) is 4. The Morgan fingerprint density at radius 3 is 2.67 bits per heavy atom. The molecule has 0 unspecified atom stereocenters. The number of aromatic nitrogens is 2. The van der Waals surface area contributed by atoms with Crippen molar-refractivity contribution in [2.75, 3.05) is 19.6 Å². The highest BCUT2D eigenvalue weighted by atomic mass is 16.2. The molecule has 1 aromatic carbocycles. The molecule has 10 nitrogen and oxygen atoms in total. The van der Waals surface area contributed by atoms with Crippen LogP contribution in [0.5, 0.6) is 0 Å². The zero-order valence-electron chi connectivity index (χ0n) is 24.8. The summed E-state index contributed by atoms with van der Waals surface area (Å²) in [5, 5.41) is 5.83. The number of piperidine rings is 2. The van der Waals surface area contributed by atoms with Gasteiger partial charge < -0.3 is 25.0 Å². The third kappa shape index (κ3) is 7.02. The van der Waals surface area contributed by atoms with Crippen molar-refractivity contribution >= 4 is 23.6 Å². The molecule has 2 bridgehead atoms. The van der Waals surface area contributed by atoms with Crippen molar-refractivity contribution in [3.05, 3.63) is 54.1 Å². The normalized spacial score (nSPS) is 26.9. The number of amides is 4. The average molecular weight is 577 g/mol. The summed E-state index contributed by atoms with van der Waals surface area (Å²) >= 11 is 0. The summed E-state index contributed by atoms with van der Waals surface area (Å²) in [5.74, 6) is 0.916. The van der Waals surface area contributed by atoms with Crippen LogP contribution in [0.2, 0.25) is 0 Å². The summed E-state index contributed by atoms with van der Waals surface area (Å²) in [4.78, 5) is 61.5. The van der Waals surface area contributed by atoms with E-state index in [1.54, 1.807) is 13.1 Å². The molecule has 0 aliphatic carbocycles. The van der Waals surface area contributed by atoms with Crippen molar-refractivity contribution in [1.82, 2.24) is 30.0 Å². The van der Waals surface area contributed by atoms with Gasteiger partial charge in [-0.2, -0.15) is 0 Å². The van der Waals surface area contributed by atoms with Gasteiger partial charge in [0.15, 0.2) is 0 Å². The molecule has 3 fully saturated rings. The van der Waals surface area contributed by atoms with Crippen LogP contribution in [0.25, 0.3) is 0 Å². The van der Waals surface area contributed by atoms with E-state index in [4.69, 9.17) is 0 Å². The van der Waals surface area contributed by atoms with E-state index in [9.17, 15) is 19.2 Å². The first-order chi connectivity index (χ1) is 20.3. The van der Waals surface area contributed by atoms with Gasteiger partial charge in [-0.05, 0) is 56.4 Å². The number of carbonyl (C=O) groups is 4. The molecule has 5 rings (SSSR count). The molecule has 3 saturated heterocycles. The number of hydrogen-bond donors (Lipinski definition) is 2. The van der Waals surface area contributed by atoms with Gasteiger partial charge in [-0.15, -0.1) is 0 Å². The number of fused-ring (bicyclic) bond motifs is 4. The van der Waals surface area contributed by atoms with Crippen LogP contribution >= 0.6 is 0 Å². The lowest BCUT2D eigenvalue weighted by atomic mass is 9.77. The first-order valence-corrected chi connectivity index (χ1v) is 15.5. The Morgan fingerprint density at radius 2 is 1.88 bits per heavy atom. The quantitative estimate of drug-likeness (QED) is 0.525. The summed E-state index contributed by atoms with van der Waals surface area (Å²) in [6, 6.07) is 8.41. The van der Waals surface area contributed by atoms with Crippen molar-refractivity contribution in [1.29, 1.82) is 0 Å². The van der Waals surface area contributed by atoms with Crippen LogP contribution in [-0.2, 0) is 38.6 Å². The van der Waals surface area contributed by atoms with Gasteiger partial charge >= 0.3 is 0 Å². The third-order valence-corrected chi connectivity index (χ3v) is 9.14. The topological polar surface area (TPSA) is 117 Å². The molecular formula is C32H44N6O4. The second-order valence-corrected chi connectivity index (χ2v) is 12.1. The molecular weight excluding hydrogens is 532 g/mol. The van der Waals surface area contributed by atoms with Gasteiger partial charge in [0.1, 0.15) is 17.9 Å². The highest BCUT2D eigenvalue weighted by Gasteiger charge is 2.44. The van der Waals surface area contributed by atoms with Crippen molar-refractivity contribution in [2.24, 2.45) is 11.8 Å². The van der Waals surface area contributed by atoms with Crippen LogP contribution in [0.15, 0.2) is 42.7 Å². The smallest absolute Gasteiger partial charge is 0.245 e. The maximum Gasteiger partial charge on any atom is 0.245 e. The van der Waals surface area contributed by atoms with Crippen LogP contribution in [0, 0.1) is 11.8 Å². The SMILES string of the molecule is CCc1nccn1CCC(=O)N1C[C@@H]2C[C@H](C1)[C@@H]1CCCC(=O)N[C@@H](CCc3ccccc3)C(=O)N[C@H](C)C(=O)N1C2. The molecule has 10 heteroatoms. The molecule has 4 heterocycles. The summed E-state index contributed by atoms with van der Waals surface area (Å²) in [6.07, 6.45) is 8.64. The number of imidazole rings is 1. The molecule has 2 aromatic rings. The largest absolute Gasteiger partial charge is 0.344 e. The molecule has 0 radical (unpaired) electrons. The highest BCUT2D eigenvalue weighted by molar-refractivity contribution is 5.92. The minimum atomic E-state index is -0.699. The standard InChI is InChI=1S/C32H44N6O4/c1-3-28-33-15-17-36(28)16-14-30(40)37-19-24-18-25(21-37)27-10-7-11-29(39)35-26(13-12-23-8-5-4-6-9-23)31(41)34-22(2)32(42)38(27)20-24/h4-6,8-9,15,17,22,24-27H,3,7,10-14,16,18-21H2,1-2H3,(H,34,41)(H,35,39)/t22-,24+,25-,26+,27+/m1/s1. The van der Waals surface area contributed by atoms with E-state index >= 15 is 0 Å². The third-order valence-electron chi connectivity index (χ3n) is 9.14. The molecule has 3 aliphatic heterocycles. The molecule has 226 valence electrons. The first-order valence-electron chi connectivity index (χ1n) is 15.5. The number of benzene rings is 1. The first kappa shape index (κ1) is 29.8. The summed E-state index contributed by atoms with van der Waals surface area (Å²) in [7, 11) is 0. The van der Waals surface area contributed by atoms with Crippen LogP contribution in [0.3, 0.4) is 0 Å². The number of hydrogen-bond acceptors (Lipinski definition) is 5. The fourth-order valence-corrected chi connectivity index (χ4v) is 6.99. The molecule has 5 atom stereocenters. The highest BCUT2D eigenvalue weighted by Crippen LogP contribution is 2.36. The summed E-state index contributed by atoms with van der Waals surface area (Å²) in [5.41, 5.74) is 1.09. The predicted octanol–water partition coefficient (Wildman–Crippen LogP) is 2.32. The van der Waals surface area contributed by atoms with Crippen molar-refractivity contribution in [3.8, 4) is 0 Å².